The molecule has 3 unspecified atom stereocenters. The summed E-state index contributed by atoms with van der Waals surface area (Å²) in [5, 5.41) is 21.2. The van der Waals surface area contributed by atoms with Gasteiger partial charge in [0, 0.05) is 12.1 Å². The molecule has 21 heavy (non-hydrogen) atoms. The van der Waals surface area contributed by atoms with Crippen molar-refractivity contribution in [3.05, 3.63) is 60.1 Å². The fourth-order valence-electron chi connectivity index (χ4n) is 1.98. The van der Waals surface area contributed by atoms with Gasteiger partial charge in [-0.15, -0.1) is 0 Å². The summed E-state index contributed by atoms with van der Waals surface area (Å²) in [6.07, 6.45) is 0.922. The molecule has 2 aromatic rings. The van der Waals surface area contributed by atoms with Gasteiger partial charge >= 0.3 is 0 Å². The second-order valence-electron chi connectivity index (χ2n) is 4.55. The molecule has 0 aliphatic rings. The molecule has 3 atom stereocenters. The van der Waals surface area contributed by atoms with Crippen LogP contribution in [0, 0.1) is 0 Å². The van der Waals surface area contributed by atoms with E-state index >= 15 is 0 Å². The van der Waals surface area contributed by atoms with Crippen molar-refractivity contribution in [3.63, 3.8) is 0 Å². The van der Waals surface area contributed by atoms with E-state index in [0.717, 1.165) is 0 Å². The van der Waals surface area contributed by atoms with E-state index in [-0.39, 0.29) is 17.7 Å². The summed E-state index contributed by atoms with van der Waals surface area (Å²) >= 11 is 0. The maximum absolute atomic E-state index is 12.3. The Labute approximate surface area is 121 Å². The number of carboxylic acid groups (broad SMARTS) is 1. The van der Waals surface area contributed by atoms with Gasteiger partial charge in [-0.1, -0.05) is 30.3 Å². The molecule has 1 aromatic carbocycles. The largest absolute Gasteiger partial charge is 0.797 e. The molecule has 0 bridgehead atoms. The van der Waals surface area contributed by atoms with Crippen LogP contribution in [0.3, 0.4) is 0 Å². The number of aliphatic hydroxyl groups excluding tert-OH is 1. The Bertz CT molecular complexity index is 637. The molecule has 7 heteroatoms. The van der Waals surface area contributed by atoms with E-state index in [1.807, 2.05) is 0 Å². The van der Waals surface area contributed by atoms with Gasteiger partial charge < -0.3 is 28.9 Å². The second kappa shape index (κ2) is 6.26. The summed E-state index contributed by atoms with van der Waals surface area (Å²) in [5.74, 6) is -3.48. The zero-order chi connectivity index (χ0) is 15.5. The predicted molar refractivity (Wildman–Crippen MR) is 70.2 cm³/mol. The minimum absolute atomic E-state index is 0.113. The first kappa shape index (κ1) is 15.5. The molecule has 0 saturated heterocycles. The first-order chi connectivity index (χ1) is 9.93. The highest BCUT2D eigenvalue weighted by molar-refractivity contribution is 7.58. The SMILES string of the molecule is O=C([O-])C(Cc1ccco1)P(=O)([O-])C(O)c1ccccc1. The number of furan rings is 1. The summed E-state index contributed by atoms with van der Waals surface area (Å²) in [6, 6.07) is 10.6. The zero-order valence-corrected chi connectivity index (χ0v) is 11.8. The summed E-state index contributed by atoms with van der Waals surface area (Å²) in [5.41, 5.74) is -1.75. The first-order valence-corrected chi connectivity index (χ1v) is 7.96. The lowest BCUT2D eigenvalue weighted by Crippen LogP contribution is -2.40. The molecule has 1 heterocycles. The van der Waals surface area contributed by atoms with Crippen LogP contribution in [0.15, 0.2) is 53.1 Å². The van der Waals surface area contributed by atoms with Crippen molar-refractivity contribution < 1.29 is 28.9 Å². The van der Waals surface area contributed by atoms with E-state index in [1.165, 1.54) is 30.5 Å². The Morgan fingerprint density at radius 1 is 1.24 bits per heavy atom. The number of carboxylic acids is 1. The number of benzene rings is 1. The van der Waals surface area contributed by atoms with Gasteiger partial charge in [0.15, 0.2) is 0 Å². The van der Waals surface area contributed by atoms with Crippen LogP contribution in [0.25, 0.3) is 0 Å². The van der Waals surface area contributed by atoms with Crippen LogP contribution in [0.2, 0.25) is 0 Å². The maximum Gasteiger partial charge on any atom is 0.120 e. The van der Waals surface area contributed by atoms with Crippen LogP contribution < -0.4 is 10.00 Å². The molecule has 0 fully saturated rings. The molecule has 0 radical (unpaired) electrons. The number of aliphatic carboxylic acids is 1. The highest BCUT2D eigenvalue weighted by atomic mass is 31.2. The van der Waals surface area contributed by atoms with Gasteiger partial charge in [-0.2, -0.15) is 0 Å². The molecule has 0 saturated carbocycles. The van der Waals surface area contributed by atoms with Gasteiger partial charge in [-0.05, 0) is 17.7 Å². The lowest BCUT2D eigenvalue weighted by molar-refractivity contribution is -0.306. The van der Waals surface area contributed by atoms with Gasteiger partial charge in [-0.25, -0.2) is 0 Å². The molecule has 2 rings (SSSR count). The fourth-order valence-corrected chi connectivity index (χ4v) is 3.64. The van der Waals surface area contributed by atoms with Gasteiger partial charge in [0.1, 0.15) is 11.6 Å². The Balaban J connectivity index is 2.29. The van der Waals surface area contributed by atoms with Crippen molar-refractivity contribution in [3.8, 4) is 0 Å². The highest BCUT2D eigenvalue weighted by Gasteiger charge is 2.32. The van der Waals surface area contributed by atoms with Gasteiger partial charge in [0.2, 0.25) is 0 Å². The molecule has 0 amide bonds. The monoisotopic (exact) mass is 308 g/mol. The maximum atomic E-state index is 12.3. The number of hydrogen-bond acceptors (Lipinski definition) is 6. The molecule has 112 valence electrons. The van der Waals surface area contributed by atoms with Crippen molar-refractivity contribution in [2.45, 2.75) is 17.9 Å². The van der Waals surface area contributed by atoms with Crippen LogP contribution in [-0.4, -0.2) is 16.7 Å². The molecule has 0 aliphatic heterocycles. The standard InChI is InChI=1S/C14H15O6P/c15-13(16)12(9-11-7-4-8-20-11)21(18,19)14(17)10-5-2-1-3-6-10/h1-8,12,14,17H,9H2,(H,15,16)(H,18,19)/p-2. The van der Waals surface area contributed by atoms with E-state index in [4.69, 9.17) is 4.42 Å². The second-order valence-corrected chi connectivity index (χ2v) is 6.95. The van der Waals surface area contributed by atoms with Crippen LogP contribution in [-0.2, 0) is 15.8 Å². The summed E-state index contributed by atoms with van der Waals surface area (Å²) < 4.78 is 17.3. The average Bonchev–Trinajstić information content (AvgIpc) is 2.97. The number of carbonyl (C=O) groups is 1. The lowest BCUT2D eigenvalue weighted by Gasteiger charge is -2.36. The number of hydrogen-bond donors (Lipinski definition) is 1. The lowest BCUT2D eigenvalue weighted by atomic mass is 10.2. The minimum Gasteiger partial charge on any atom is -0.797 e. The summed E-state index contributed by atoms with van der Waals surface area (Å²) in [7, 11) is -4.73. The predicted octanol–water partition coefficient (Wildman–Crippen LogP) is 0.270. The summed E-state index contributed by atoms with van der Waals surface area (Å²) in [6.45, 7) is 0. The van der Waals surface area contributed by atoms with E-state index in [1.54, 1.807) is 18.2 Å². The molecule has 0 spiro atoms. The van der Waals surface area contributed by atoms with Gasteiger partial charge in [-0.3, -0.25) is 0 Å². The Morgan fingerprint density at radius 3 is 2.43 bits per heavy atom. The van der Waals surface area contributed by atoms with Crippen molar-refractivity contribution in [1.82, 2.24) is 0 Å². The van der Waals surface area contributed by atoms with Gasteiger partial charge in [0.05, 0.1) is 19.6 Å². The van der Waals surface area contributed by atoms with Crippen LogP contribution in [0.5, 0.6) is 0 Å². The van der Waals surface area contributed by atoms with Crippen molar-refractivity contribution in [2.75, 3.05) is 0 Å². The van der Waals surface area contributed by atoms with Crippen molar-refractivity contribution in [1.29, 1.82) is 0 Å². The quantitative estimate of drug-likeness (QED) is 0.766. The average molecular weight is 308 g/mol. The third-order valence-electron chi connectivity index (χ3n) is 3.12. The molecule has 0 aliphatic carbocycles. The fraction of sp³-hybridized carbons (Fsp3) is 0.214. The third kappa shape index (κ3) is 3.42. The molecular weight excluding hydrogens is 295 g/mol. The summed E-state index contributed by atoms with van der Waals surface area (Å²) in [4.78, 5) is 23.5. The van der Waals surface area contributed by atoms with Crippen molar-refractivity contribution in [2.24, 2.45) is 0 Å². The highest BCUT2D eigenvalue weighted by Crippen LogP contribution is 2.54. The Kier molecular flexibility index (Phi) is 4.63. The number of aliphatic hydroxyl groups is 1. The third-order valence-corrected chi connectivity index (χ3v) is 5.36. The Hall–Kier alpha value is -1.88. The Morgan fingerprint density at radius 2 is 1.90 bits per heavy atom. The van der Waals surface area contributed by atoms with Crippen LogP contribution >= 0.6 is 7.37 Å². The van der Waals surface area contributed by atoms with Crippen molar-refractivity contribution >= 4 is 13.3 Å². The van der Waals surface area contributed by atoms with E-state index in [9.17, 15) is 24.5 Å². The minimum atomic E-state index is -4.73. The smallest absolute Gasteiger partial charge is 0.120 e. The molecular formula is C14H13O6P-2. The zero-order valence-electron chi connectivity index (χ0n) is 10.9. The first-order valence-electron chi connectivity index (χ1n) is 6.19. The van der Waals surface area contributed by atoms with Gasteiger partial charge in [0.25, 0.3) is 0 Å². The van der Waals surface area contributed by atoms with E-state index in [2.05, 4.69) is 0 Å². The van der Waals surface area contributed by atoms with Crippen LogP contribution in [0.4, 0.5) is 0 Å². The molecule has 6 nitrogen and oxygen atoms in total. The normalized spacial score (nSPS) is 16.9. The molecule has 1 N–H and O–H groups in total. The van der Waals surface area contributed by atoms with E-state index < -0.39 is 24.8 Å². The number of carbonyl (C=O) groups excluding carboxylic acids is 1. The molecule has 1 aromatic heterocycles. The van der Waals surface area contributed by atoms with Crippen LogP contribution in [0.1, 0.15) is 17.2 Å². The topological polar surface area (TPSA) is 114 Å². The number of rotatable bonds is 6. The van der Waals surface area contributed by atoms with E-state index in [0.29, 0.717) is 0 Å².